The van der Waals surface area contributed by atoms with Gasteiger partial charge in [0, 0.05) is 17.9 Å². The molecule has 0 saturated carbocycles. The Morgan fingerprint density at radius 3 is 2.58 bits per heavy atom. The topological polar surface area (TPSA) is 36.4 Å². The standard InChI is InChI=1S/C16H20N2O/c1-4-18(15-7-5-6-12(2)8-15)16-10-14(11-19)9-13(3)17-16/h5-10,19H,4,11H2,1-3H3. The van der Waals surface area contributed by atoms with Gasteiger partial charge < -0.3 is 10.0 Å². The van der Waals surface area contributed by atoms with Crippen LogP contribution in [0.15, 0.2) is 36.4 Å². The van der Waals surface area contributed by atoms with Gasteiger partial charge in [-0.2, -0.15) is 0 Å². The number of rotatable bonds is 4. The Labute approximate surface area is 114 Å². The summed E-state index contributed by atoms with van der Waals surface area (Å²) in [7, 11) is 0. The molecule has 3 nitrogen and oxygen atoms in total. The number of aliphatic hydroxyl groups is 1. The van der Waals surface area contributed by atoms with Crippen LogP contribution < -0.4 is 4.90 Å². The van der Waals surface area contributed by atoms with Gasteiger partial charge in [0.15, 0.2) is 0 Å². The maximum atomic E-state index is 9.31. The van der Waals surface area contributed by atoms with Crippen LogP contribution in [0.2, 0.25) is 0 Å². The van der Waals surface area contributed by atoms with E-state index in [9.17, 15) is 5.11 Å². The van der Waals surface area contributed by atoms with Crippen LogP contribution in [0.4, 0.5) is 11.5 Å². The molecule has 0 radical (unpaired) electrons. The second-order valence-corrected chi connectivity index (χ2v) is 4.72. The molecule has 19 heavy (non-hydrogen) atoms. The van der Waals surface area contributed by atoms with Crippen LogP contribution in [-0.2, 0) is 6.61 Å². The second kappa shape index (κ2) is 5.85. The molecule has 0 aliphatic rings. The third kappa shape index (κ3) is 3.12. The molecule has 1 aromatic heterocycles. The molecular weight excluding hydrogens is 236 g/mol. The summed E-state index contributed by atoms with van der Waals surface area (Å²) in [6.45, 7) is 7.02. The van der Waals surface area contributed by atoms with Gasteiger partial charge in [0.25, 0.3) is 0 Å². The van der Waals surface area contributed by atoms with Crippen molar-refractivity contribution in [3.05, 3.63) is 53.2 Å². The van der Waals surface area contributed by atoms with Crippen molar-refractivity contribution >= 4 is 11.5 Å². The van der Waals surface area contributed by atoms with Crippen LogP contribution in [-0.4, -0.2) is 16.6 Å². The van der Waals surface area contributed by atoms with Crippen molar-refractivity contribution < 1.29 is 5.11 Å². The molecule has 1 N–H and O–H groups in total. The number of benzene rings is 1. The number of hydrogen-bond donors (Lipinski definition) is 1. The summed E-state index contributed by atoms with van der Waals surface area (Å²) < 4.78 is 0. The van der Waals surface area contributed by atoms with Gasteiger partial charge >= 0.3 is 0 Å². The predicted molar refractivity (Wildman–Crippen MR) is 78.8 cm³/mol. The van der Waals surface area contributed by atoms with Gasteiger partial charge in [-0.3, -0.25) is 0 Å². The van der Waals surface area contributed by atoms with Crippen LogP contribution in [0.1, 0.15) is 23.7 Å². The molecule has 3 heteroatoms. The Morgan fingerprint density at radius 1 is 1.16 bits per heavy atom. The quantitative estimate of drug-likeness (QED) is 0.911. The van der Waals surface area contributed by atoms with E-state index in [-0.39, 0.29) is 6.61 Å². The lowest BCUT2D eigenvalue weighted by Gasteiger charge is -2.23. The van der Waals surface area contributed by atoms with Crippen LogP contribution in [0.3, 0.4) is 0 Å². The van der Waals surface area contributed by atoms with Crippen molar-refractivity contribution in [1.29, 1.82) is 0 Å². The van der Waals surface area contributed by atoms with E-state index >= 15 is 0 Å². The minimum atomic E-state index is 0.0434. The van der Waals surface area contributed by atoms with E-state index in [1.165, 1.54) is 5.56 Å². The monoisotopic (exact) mass is 256 g/mol. The van der Waals surface area contributed by atoms with E-state index in [0.29, 0.717) is 0 Å². The lowest BCUT2D eigenvalue weighted by Crippen LogP contribution is -2.18. The molecule has 1 heterocycles. The summed E-state index contributed by atoms with van der Waals surface area (Å²) in [5, 5.41) is 9.31. The number of anilines is 2. The van der Waals surface area contributed by atoms with Crippen molar-refractivity contribution in [1.82, 2.24) is 4.98 Å². The largest absolute Gasteiger partial charge is 0.392 e. The van der Waals surface area contributed by atoms with Gasteiger partial charge in [-0.15, -0.1) is 0 Å². The van der Waals surface area contributed by atoms with E-state index in [2.05, 4.69) is 48.0 Å². The van der Waals surface area contributed by atoms with E-state index in [0.717, 1.165) is 29.3 Å². The summed E-state index contributed by atoms with van der Waals surface area (Å²) in [5.74, 6) is 0.886. The molecule has 0 spiro atoms. The summed E-state index contributed by atoms with van der Waals surface area (Å²) in [6.07, 6.45) is 0. The number of aryl methyl sites for hydroxylation is 2. The molecule has 0 amide bonds. The summed E-state index contributed by atoms with van der Waals surface area (Å²) in [4.78, 5) is 6.73. The fraction of sp³-hybridized carbons (Fsp3) is 0.312. The van der Waals surface area contributed by atoms with Gasteiger partial charge in [0.2, 0.25) is 0 Å². The smallest absolute Gasteiger partial charge is 0.133 e. The Bertz CT molecular complexity index is 566. The Hall–Kier alpha value is -1.87. The molecule has 1 aromatic carbocycles. The highest BCUT2D eigenvalue weighted by Crippen LogP contribution is 2.25. The molecule has 2 aromatic rings. The average molecular weight is 256 g/mol. The number of hydrogen-bond acceptors (Lipinski definition) is 3. The molecule has 0 aliphatic carbocycles. The molecular formula is C16H20N2O. The predicted octanol–water partition coefficient (Wildman–Crippen LogP) is 3.35. The van der Waals surface area contributed by atoms with Gasteiger partial charge in [0.05, 0.1) is 6.61 Å². The zero-order valence-electron chi connectivity index (χ0n) is 11.7. The van der Waals surface area contributed by atoms with Crippen molar-refractivity contribution in [2.45, 2.75) is 27.4 Å². The minimum absolute atomic E-state index is 0.0434. The maximum Gasteiger partial charge on any atom is 0.133 e. The third-order valence-electron chi connectivity index (χ3n) is 3.09. The highest BCUT2D eigenvalue weighted by Gasteiger charge is 2.10. The minimum Gasteiger partial charge on any atom is -0.392 e. The number of nitrogens with zero attached hydrogens (tertiary/aromatic N) is 2. The number of pyridine rings is 1. The van der Waals surface area contributed by atoms with Gasteiger partial charge in [-0.25, -0.2) is 4.98 Å². The lowest BCUT2D eigenvalue weighted by atomic mass is 10.2. The molecule has 0 saturated heterocycles. The lowest BCUT2D eigenvalue weighted by molar-refractivity contribution is 0.281. The van der Waals surface area contributed by atoms with Crippen molar-refractivity contribution in [2.75, 3.05) is 11.4 Å². The highest BCUT2D eigenvalue weighted by molar-refractivity contribution is 5.61. The Kier molecular flexibility index (Phi) is 4.17. The van der Waals surface area contributed by atoms with E-state index < -0.39 is 0 Å². The maximum absolute atomic E-state index is 9.31. The zero-order chi connectivity index (χ0) is 13.8. The molecule has 2 rings (SSSR count). The third-order valence-corrected chi connectivity index (χ3v) is 3.09. The SMILES string of the molecule is CCN(c1cccc(C)c1)c1cc(CO)cc(C)n1. The van der Waals surface area contributed by atoms with Crippen molar-refractivity contribution in [3.63, 3.8) is 0 Å². The molecule has 0 bridgehead atoms. The fourth-order valence-electron chi connectivity index (χ4n) is 2.22. The first kappa shape index (κ1) is 13.6. The van der Waals surface area contributed by atoms with Crippen LogP contribution in [0.25, 0.3) is 0 Å². The van der Waals surface area contributed by atoms with Crippen LogP contribution in [0, 0.1) is 13.8 Å². The van der Waals surface area contributed by atoms with E-state index in [1.807, 2.05) is 19.1 Å². The van der Waals surface area contributed by atoms with Gasteiger partial charge in [-0.05, 0) is 56.2 Å². The molecule has 0 fully saturated rings. The molecule has 100 valence electrons. The van der Waals surface area contributed by atoms with Crippen molar-refractivity contribution in [2.24, 2.45) is 0 Å². The Morgan fingerprint density at radius 2 is 1.95 bits per heavy atom. The molecule has 0 atom stereocenters. The van der Waals surface area contributed by atoms with Gasteiger partial charge in [0.1, 0.15) is 5.82 Å². The van der Waals surface area contributed by atoms with Crippen molar-refractivity contribution in [3.8, 4) is 0 Å². The second-order valence-electron chi connectivity index (χ2n) is 4.72. The first-order valence-electron chi connectivity index (χ1n) is 6.56. The van der Waals surface area contributed by atoms with Crippen LogP contribution >= 0.6 is 0 Å². The normalized spacial score (nSPS) is 10.5. The first-order valence-corrected chi connectivity index (χ1v) is 6.56. The van der Waals surface area contributed by atoms with E-state index in [1.54, 1.807) is 0 Å². The first-order chi connectivity index (χ1) is 9.13. The molecule has 0 aliphatic heterocycles. The highest BCUT2D eigenvalue weighted by atomic mass is 16.3. The number of aromatic nitrogens is 1. The average Bonchev–Trinajstić information content (AvgIpc) is 2.39. The fourth-order valence-corrected chi connectivity index (χ4v) is 2.22. The summed E-state index contributed by atoms with van der Waals surface area (Å²) in [5.41, 5.74) is 4.18. The van der Waals surface area contributed by atoms with Gasteiger partial charge in [-0.1, -0.05) is 12.1 Å². The van der Waals surface area contributed by atoms with Crippen LogP contribution in [0.5, 0.6) is 0 Å². The summed E-state index contributed by atoms with van der Waals surface area (Å²) in [6, 6.07) is 12.2. The van der Waals surface area contributed by atoms with E-state index in [4.69, 9.17) is 0 Å². The molecule has 0 unspecified atom stereocenters. The zero-order valence-corrected chi connectivity index (χ0v) is 11.7. The Balaban J connectivity index is 2.44. The number of aliphatic hydroxyl groups excluding tert-OH is 1. The summed E-state index contributed by atoms with van der Waals surface area (Å²) >= 11 is 0.